The van der Waals surface area contributed by atoms with Crippen molar-refractivity contribution in [3.63, 3.8) is 0 Å². The molecule has 1 amide bonds. The van der Waals surface area contributed by atoms with Crippen LogP contribution in [0.2, 0.25) is 10.0 Å². The van der Waals surface area contributed by atoms with E-state index in [1.807, 2.05) is 0 Å². The van der Waals surface area contributed by atoms with Crippen molar-refractivity contribution in [2.45, 2.75) is 25.3 Å². The largest absolute Gasteiger partial charge is 0.349 e. The van der Waals surface area contributed by atoms with Crippen molar-refractivity contribution in [1.82, 2.24) is 5.32 Å². The fraction of sp³-hybridized carbons (Fsp3) is 0.462. The van der Waals surface area contributed by atoms with Gasteiger partial charge in [-0.25, -0.2) is 0 Å². The van der Waals surface area contributed by atoms with Gasteiger partial charge in [0.25, 0.3) is 5.91 Å². The van der Waals surface area contributed by atoms with Crippen LogP contribution in [0.25, 0.3) is 0 Å². The van der Waals surface area contributed by atoms with Gasteiger partial charge in [-0.3, -0.25) is 4.79 Å². The minimum Gasteiger partial charge on any atom is -0.349 e. The van der Waals surface area contributed by atoms with E-state index in [0.717, 1.165) is 19.3 Å². The number of halogens is 3. The maximum atomic E-state index is 12.1. The van der Waals surface area contributed by atoms with Crippen LogP contribution in [-0.4, -0.2) is 17.8 Å². The van der Waals surface area contributed by atoms with Crippen molar-refractivity contribution in [2.75, 3.05) is 5.88 Å². The van der Waals surface area contributed by atoms with Crippen LogP contribution in [-0.2, 0) is 0 Å². The average molecular weight is 307 g/mol. The van der Waals surface area contributed by atoms with E-state index < -0.39 is 0 Å². The van der Waals surface area contributed by atoms with E-state index in [1.165, 1.54) is 0 Å². The Labute approximate surface area is 122 Å². The highest BCUT2D eigenvalue weighted by atomic mass is 35.5. The van der Waals surface area contributed by atoms with Gasteiger partial charge in [-0.05, 0) is 37.0 Å². The van der Waals surface area contributed by atoms with E-state index >= 15 is 0 Å². The molecule has 2 unspecified atom stereocenters. The highest BCUT2D eigenvalue weighted by Gasteiger charge is 2.28. The lowest BCUT2D eigenvalue weighted by Gasteiger charge is -2.19. The van der Waals surface area contributed by atoms with Gasteiger partial charge in [-0.15, -0.1) is 11.6 Å². The molecule has 2 atom stereocenters. The SMILES string of the molecule is O=C(NC1CCCC1CCl)c1cc(Cl)cc(Cl)c1. The molecule has 0 saturated heterocycles. The summed E-state index contributed by atoms with van der Waals surface area (Å²) in [6.45, 7) is 0. The normalized spacial score (nSPS) is 23.1. The maximum absolute atomic E-state index is 12.1. The van der Waals surface area contributed by atoms with E-state index in [1.54, 1.807) is 18.2 Å². The predicted octanol–water partition coefficient (Wildman–Crippen LogP) is 4.13. The van der Waals surface area contributed by atoms with Crippen LogP contribution in [0.15, 0.2) is 18.2 Å². The molecule has 1 aliphatic carbocycles. The van der Waals surface area contributed by atoms with Crippen molar-refractivity contribution < 1.29 is 4.79 Å². The van der Waals surface area contributed by atoms with E-state index in [4.69, 9.17) is 34.8 Å². The van der Waals surface area contributed by atoms with Gasteiger partial charge in [0.2, 0.25) is 0 Å². The fourth-order valence-corrected chi connectivity index (χ4v) is 3.24. The van der Waals surface area contributed by atoms with Crippen molar-refractivity contribution in [3.8, 4) is 0 Å². The molecule has 1 aromatic carbocycles. The van der Waals surface area contributed by atoms with Gasteiger partial charge in [-0.2, -0.15) is 0 Å². The summed E-state index contributed by atoms with van der Waals surface area (Å²) in [5.74, 6) is 0.813. The van der Waals surface area contributed by atoms with Crippen molar-refractivity contribution >= 4 is 40.7 Å². The van der Waals surface area contributed by atoms with Gasteiger partial charge in [0.05, 0.1) is 0 Å². The molecular weight excluding hydrogens is 293 g/mol. The average Bonchev–Trinajstić information content (AvgIpc) is 2.75. The van der Waals surface area contributed by atoms with Crippen LogP contribution in [0.1, 0.15) is 29.6 Å². The van der Waals surface area contributed by atoms with Crippen molar-refractivity contribution in [3.05, 3.63) is 33.8 Å². The Morgan fingerprint density at radius 2 is 1.89 bits per heavy atom. The Bertz CT molecular complexity index is 430. The lowest BCUT2D eigenvalue weighted by Crippen LogP contribution is -2.37. The van der Waals surface area contributed by atoms with Gasteiger partial charge in [0, 0.05) is 27.5 Å². The highest BCUT2D eigenvalue weighted by Crippen LogP contribution is 2.27. The number of hydrogen-bond acceptors (Lipinski definition) is 1. The molecule has 98 valence electrons. The van der Waals surface area contributed by atoms with Crippen LogP contribution >= 0.6 is 34.8 Å². The zero-order valence-electron chi connectivity index (χ0n) is 9.76. The molecule has 5 heteroatoms. The third-order valence-electron chi connectivity index (χ3n) is 3.30. The number of hydrogen-bond donors (Lipinski definition) is 1. The predicted molar refractivity (Wildman–Crippen MR) is 75.8 cm³/mol. The van der Waals surface area contributed by atoms with Crippen LogP contribution in [0.4, 0.5) is 0 Å². The lowest BCUT2D eigenvalue weighted by atomic mass is 10.1. The molecule has 1 aliphatic rings. The van der Waals surface area contributed by atoms with Crippen molar-refractivity contribution in [2.24, 2.45) is 5.92 Å². The molecule has 0 bridgehead atoms. The zero-order valence-corrected chi connectivity index (χ0v) is 12.0. The summed E-state index contributed by atoms with van der Waals surface area (Å²) in [7, 11) is 0. The third kappa shape index (κ3) is 3.31. The smallest absolute Gasteiger partial charge is 0.251 e. The Balaban J connectivity index is 2.07. The number of amides is 1. The van der Waals surface area contributed by atoms with Gasteiger partial charge in [0.1, 0.15) is 0 Å². The van der Waals surface area contributed by atoms with E-state index in [2.05, 4.69) is 5.32 Å². The first-order valence-corrected chi connectivity index (χ1v) is 7.22. The maximum Gasteiger partial charge on any atom is 0.251 e. The summed E-state index contributed by atoms with van der Waals surface area (Å²) in [6.07, 6.45) is 3.17. The summed E-state index contributed by atoms with van der Waals surface area (Å²) in [5.41, 5.74) is 0.493. The molecule has 0 aromatic heterocycles. The standard InChI is InChI=1S/C13H14Cl3NO/c14-7-8-2-1-3-12(8)17-13(18)9-4-10(15)6-11(16)5-9/h4-6,8,12H,1-3,7H2,(H,17,18). The van der Waals surface area contributed by atoms with Crippen LogP contribution in [0.3, 0.4) is 0 Å². The summed E-state index contributed by atoms with van der Waals surface area (Å²) >= 11 is 17.7. The minimum atomic E-state index is -0.138. The van der Waals surface area contributed by atoms with Gasteiger partial charge >= 0.3 is 0 Å². The Hall–Kier alpha value is -0.440. The molecule has 0 heterocycles. The first kappa shape index (κ1) is 14.0. The Morgan fingerprint density at radius 1 is 1.22 bits per heavy atom. The molecule has 1 saturated carbocycles. The topological polar surface area (TPSA) is 29.1 Å². The molecule has 1 aromatic rings. The van der Waals surface area contributed by atoms with Crippen LogP contribution in [0, 0.1) is 5.92 Å². The van der Waals surface area contributed by atoms with Crippen LogP contribution in [0.5, 0.6) is 0 Å². The van der Waals surface area contributed by atoms with Gasteiger partial charge in [0.15, 0.2) is 0 Å². The monoisotopic (exact) mass is 305 g/mol. The molecule has 1 N–H and O–H groups in total. The molecule has 2 rings (SSSR count). The van der Waals surface area contributed by atoms with E-state index in [-0.39, 0.29) is 11.9 Å². The van der Waals surface area contributed by atoms with E-state index in [9.17, 15) is 4.79 Å². The molecule has 0 aliphatic heterocycles. The number of alkyl halides is 1. The zero-order chi connectivity index (χ0) is 13.1. The van der Waals surface area contributed by atoms with Crippen LogP contribution < -0.4 is 5.32 Å². The first-order chi connectivity index (χ1) is 8.60. The summed E-state index contributed by atoms with van der Waals surface area (Å²) in [5, 5.41) is 3.94. The lowest BCUT2D eigenvalue weighted by molar-refractivity contribution is 0.0930. The quantitative estimate of drug-likeness (QED) is 0.836. The minimum absolute atomic E-state index is 0.138. The summed E-state index contributed by atoms with van der Waals surface area (Å²) in [6, 6.07) is 5.01. The van der Waals surface area contributed by atoms with Crippen molar-refractivity contribution in [1.29, 1.82) is 0 Å². The number of rotatable bonds is 3. The second-order valence-corrected chi connectivity index (χ2v) is 5.76. The number of nitrogens with one attached hydrogen (secondary N) is 1. The highest BCUT2D eigenvalue weighted by molar-refractivity contribution is 6.35. The molecular formula is C13H14Cl3NO. The number of carbonyl (C=O) groups is 1. The summed E-state index contributed by atoms with van der Waals surface area (Å²) < 4.78 is 0. The molecule has 0 spiro atoms. The number of benzene rings is 1. The fourth-order valence-electron chi connectivity index (χ4n) is 2.35. The Morgan fingerprint density at radius 3 is 2.50 bits per heavy atom. The number of carbonyl (C=O) groups excluding carboxylic acids is 1. The molecule has 0 radical (unpaired) electrons. The third-order valence-corrected chi connectivity index (χ3v) is 4.13. The Kier molecular flexibility index (Phi) is 4.77. The molecule has 2 nitrogen and oxygen atoms in total. The van der Waals surface area contributed by atoms with Gasteiger partial charge < -0.3 is 5.32 Å². The molecule has 18 heavy (non-hydrogen) atoms. The van der Waals surface area contributed by atoms with E-state index in [0.29, 0.717) is 27.4 Å². The second-order valence-electron chi connectivity index (χ2n) is 4.58. The molecule has 1 fully saturated rings. The second kappa shape index (κ2) is 6.14. The summed E-state index contributed by atoms with van der Waals surface area (Å²) in [4.78, 5) is 12.1. The first-order valence-electron chi connectivity index (χ1n) is 5.93. The van der Waals surface area contributed by atoms with Gasteiger partial charge in [-0.1, -0.05) is 29.6 Å².